The minimum Gasteiger partial charge on any atom is -0.493 e. The van der Waals surface area contributed by atoms with Crippen molar-refractivity contribution in [1.29, 1.82) is 0 Å². The first kappa shape index (κ1) is 15.1. The van der Waals surface area contributed by atoms with Gasteiger partial charge in [-0.2, -0.15) is 4.98 Å². The molecule has 23 heavy (non-hydrogen) atoms. The number of hydrogen-bond acceptors (Lipinski definition) is 5. The van der Waals surface area contributed by atoms with Crippen molar-refractivity contribution in [2.45, 2.75) is 19.8 Å². The van der Waals surface area contributed by atoms with Gasteiger partial charge >= 0.3 is 0 Å². The second kappa shape index (κ2) is 6.51. The number of benzene rings is 1. The number of nitrogens with zero attached hydrogens (tertiary/aromatic N) is 2. The highest BCUT2D eigenvalue weighted by Gasteiger charge is 2.14. The Morgan fingerprint density at radius 1 is 1.43 bits per heavy atom. The number of hydrogen-bond donors (Lipinski definition) is 2. The van der Waals surface area contributed by atoms with Crippen LogP contribution in [0, 0.1) is 0 Å². The standard InChI is InChI=1S/C16H18N4O3/c1-3-22-12-6-4-5-11-16(12)10(9-18-11)7-15-19-13(20-23-15)8-14(21)17-2/h4-6,9,18H,3,7-8H2,1-2H3,(H,17,21). The molecular formula is C16H18N4O3. The molecule has 0 unspecified atom stereocenters. The number of aromatic nitrogens is 3. The van der Waals surface area contributed by atoms with Crippen LogP contribution in [0.4, 0.5) is 0 Å². The van der Waals surface area contributed by atoms with Crippen LogP contribution in [0.25, 0.3) is 10.9 Å². The Bertz CT molecular complexity index is 822. The minimum atomic E-state index is -0.150. The number of ether oxygens (including phenoxy) is 1. The van der Waals surface area contributed by atoms with Crippen LogP contribution in [-0.4, -0.2) is 34.7 Å². The van der Waals surface area contributed by atoms with Crippen molar-refractivity contribution in [3.8, 4) is 5.75 Å². The van der Waals surface area contributed by atoms with E-state index in [0.29, 0.717) is 24.7 Å². The van der Waals surface area contributed by atoms with E-state index in [1.165, 1.54) is 0 Å². The Morgan fingerprint density at radius 2 is 2.30 bits per heavy atom. The number of carbonyl (C=O) groups excluding carboxylic acids is 1. The van der Waals surface area contributed by atoms with Gasteiger partial charge < -0.3 is 19.6 Å². The fraction of sp³-hybridized carbons (Fsp3) is 0.312. The topological polar surface area (TPSA) is 93.0 Å². The summed E-state index contributed by atoms with van der Waals surface area (Å²) in [5, 5.41) is 7.38. The largest absolute Gasteiger partial charge is 0.493 e. The van der Waals surface area contributed by atoms with Gasteiger partial charge in [0.05, 0.1) is 19.4 Å². The summed E-state index contributed by atoms with van der Waals surface area (Å²) in [4.78, 5) is 18.8. The summed E-state index contributed by atoms with van der Waals surface area (Å²) in [6.07, 6.45) is 2.50. The van der Waals surface area contributed by atoms with Crippen LogP contribution < -0.4 is 10.1 Å². The Balaban J connectivity index is 1.85. The monoisotopic (exact) mass is 314 g/mol. The van der Waals surface area contributed by atoms with Crippen LogP contribution in [0.3, 0.4) is 0 Å². The molecule has 0 aliphatic carbocycles. The Kier molecular flexibility index (Phi) is 4.27. The molecule has 1 amide bonds. The van der Waals surface area contributed by atoms with Crippen molar-refractivity contribution in [3.63, 3.8) is 0 Å². The number of likely N-dealkylation sites (N-methyl/N-ethyl adjacent to an activating group) is 1. The molecule has 120 valence electrons. The molecule has 0 saturated carbocycles. The zero-order valence-electron chi connectivity index (χ0n) is 13.0. The van der Waals surface area contributed by atoms with E-state index in [2.05, 4.69) is 20.4 Å². The fourth-order valence-electron chi connectivity index (χ4n) is 2.46. The number of nitrogens with one attached hydrogen (secondary N) is 2. The van der Waals surface area contributed by atoms with Gasteiger partial charge in [0.1, 0.15) is 5.75 Å². The summed E-state index contributed by atoms with van der Waals surface area (Å²) >= 11 is 0. The summed E-state index contributed by atoms with van der Waals surface area (Å²) in [6, 6.07) is 5.88. The van der Waals surface area contributed by atoms with Crippen LogP contribution in [0.1, 0.15) is 24.2 Å². The third kappa shape index (κ3) is 3.18. The number of carbonyl (C=O) groups is 1. The van der Waals surface area contributed by atoms with E-state index >= 15 is 0 Å². The molecular weight excluding hydrogens is 296 g/mol. The van der Waals surface area contributed by atoms with Gasteiger partial charge in [0, 0.05) is 24.1 Å². The molecule has 0 spiro atoms. The molecule has 3 rings (SSSR count). The van der Waals surface area contributed by atoms with Crippen molar-refractivity contribution < 1.29 is 14.1 Å². The molecule has 0 saturated heterocycles. The molecule has 7 heteroatoms. The van der Waals surface area contributed by atoms with E-state index in [0.717, 1.165) is 22.2 Å². The molecule has 0 atom stereocenters. The summed E-state index contributed by atoms with van der Waals surface area (Å²) in [5.74, 6) is 1.52. The summed E-state index contributed by atoms with van der Waals surface area (Å²) in [7, 11) is 1.57. The number of H-pyrrole nitrogens is 1. The van der Waals surface area contributed by atoms with Crippen molar-refractivity contribution in [1.82, 2.24) is 20.4 Å². The normalized spacial score (nSPS) is 10.9. The number of rotatable bonds is 6. The van der Waals surface area contributed by atoms with E-state index in [1.807, 2.05) is 31.3 Å². The molecule has 1 aromatic carbocycles. The van der Waals surface area contributed by atoms with Gasteiger partial charge in [-0.15, -0.1) is 0 Å². The first-order valence-electron chi connectivity index (χ1n) is 7.45. The third-order valence-electron chi connectivity index (χ3n) is 3.50. The molecule has 0 aliphatic heterocycles. The minimum absolute atomic E-state index is 0.109. The van der Waals surface area contributed by atoms with Gasteiger partial charge in [0.15, 0.2) is 5.82 Å². The lowest BCUT2D eigenvalue weighted by Gasteiger charge is -2.05. The predicted molar refractivity (Wildman–Crippen MR) is 84.3 cm³/mol. The SMILES string of the molecule is CCOc1cccc2[nH]cc(Cc3nc(CC(=O)NC)no3)c12. The highest BCUT2D eigenvalue weighted by Crippen LogP contribution is 2.30. The van der Waals surface area contributed by atoms with E-state index in [1.54, 1.807) is 7.05 Å². The molecule has 0 fully saturated rings. The van der Waals surface area contributed by atoms with E-state index in [4.69, 9.17) is 9.26 Å². The number of aromatic amines is 1. The molecule has 2 aromatic heterocycles. The maximum Gasteiger partial charge on any atom is 0.231 e. The van der Waals surface area contributed by atoms with E-state index < -0.39 is 0 Å². The van der Waals surface area contributed by atoms with E-state index in [9.17, 15) is 4.79 Å². The maximum absolute atomic E-state index is 11.3. The predicted octanol–water partition coefficient (Wildman–Crippen LogP) is 1.83. The summed E-state index contributed by atoms with van der Waals surface area (Å²) < 4.78 is 10.9. The summed E-state index contributed by atoms with van der Waals surface area (Å²) in [5.41, 5.74) is 2.01. The molecule has 2 N–H and O–H groups in total. The van der Waals surface area contributed by atoms with Gasteiger partial charge in [-0.3, -0.25) is 4.79 Å². The van der Waals surface area contributed by atoms with Gasteiger partial charge in [-0.1, -0.05) is 11.2 Å². The highest BCUT2D eigenvalue weighted by molar-refractivity contribution is 5.89. The molecule has 3 aromatic rings. The van der Waals surface area contributed by atoms with Crippen LogP contribution in [-0.2, 0) is 17.6 Å². The lowest BCUT2D eigenvalue weighted by atomic mass is 10.1. The average Bonchev–Trinajstić information content (AvgIpc) is 3.16. The van der Waals surface area contributed by atoms with Crippen molar-refractivity contribution >= 4 is 16.8 Å². The van der Waals surface area contributed by atoms with Crippen LogP contribution in [0.2, 0.25) is 0 Å². The number of fused-ring (bicyclic) bond motifs is 1. The Labute approximate surface area is 133 Å². The zero-order chi connectivity index (χ0) is 16.2. The van der Waals surface area contributed by atoms with E-state index in [-0.39, 0.29) is 12.3 Å². The molecule has 0 aliphatic rings. The van der Waals surface area contributed by atoms with Crippen LogP contribution in [0.5, 0.6) is 5.75 Å². The zero-order valence-corrected chi connectivity index (χ0v) is 13.0. The first-order chi connectivity index (χ1) is 11.2. The fourth-order valence-corrected chi connectivity index (χ4v) is 2.46. The van der Waals surface area contributed by atoms with Gasteiger partial charge in [0.2, 0.25) is 11.8 Å². The Morgan fingerprint density at radius 3 is 3.09 bits per heavy atom. The second-order valence-corrected chi connectivity index (χ2v) is 5.06. The van der Waals surface area contributed by atoms with Crippen LogP contribution in [0.15, 0.2) is 28.9 Å². The lowest BCUT2D eigenvalue weighted by Crippen LogP contribution is -2.20. The van der Waals surface area contributed by atoms with Crippen molar-refractivity contribution in [2.24, 2.45) is 0 Å². The van der Waals surface area contributed by atoms with Crippen molar-refractivity contribution in [3.05, 3.63) is 41.7 Å². The molecule has 0 radical (unpaired) electrons. The summed E-state index contributed by atoms with van der Waals surface area (Å²) in [6.45, 7) is 2.55. The average molecular weight is 314 g/mol. The van der Waals surface area contributed by atoms with Gasteiger partial charge in [-0.05, 0) is 24.6 Å². The lowest BCUT2D eigenvalue weighted by molar-refractivity contribution is -0.120. The molecule has 2 heterocycles. The van der Waals surface area contributed by atoms with Gasteiger partial charge in [-0.25, -0.2) is 0 Å². The smallest absolute Gasteiger partial charge is 0.231 e. The molecule has 0 bridgehead atoms. The first-order valence-corrected chi connectivity index (χ1v) is 7.45. The molecule has 7 nitrogen and oxygen atoms in total. The third-order valence-corrected chi connectivity index (χ3v) is 3.50. The van der Waals surface area contributed by atoms with Crippen LogP contribution >= 0.6 is 0 Å². The van der Waals surface area contributed by atoms with Gasteiger partial charge in [0.25, 0.3) is 0 Å². The second-order valence-electron chi connectivity index (χ2n) is 5.06. The maximum atomic E-state index is 11.3. The highest BCUT2D eigenvalue weighted by atomic mass is 16.5. The number of amides is 1. The Hall–Kier alpha value is -2.83. The van der Waals surface area contributed by atoms with Crippen molar-refractivity contribution in [2.75, 3.05) is 13.7 Å². The quantitative estimate of drug-likeness (QED) is 0.724.